The van der Waals surface area contributed by atoms with Gasteiger partial charge in [0.15, 0.2) is 0 Å². The van der Waals surface area contributed by atoms with Crippen molar-refractivity contribution in [2.75, 3.05) is 0 Å². The van der Waals surface area contributed by atoms with Crippen molar-refractivity contribution in [3.63, 3.8) is 0 Å². The summed E-state index contributed by atoms with van der Waals surface area (Å²) in [5, 5.41) is 8.83. The van der Waals surface area contributed by atoms with Crippen molar-refractivity contribution in [1.82, 2.24) is 0 Å². The highest BCUT2D eigenvalue weighted by Gasteiger charge is 2.02. The van der Waals surface area contributed by atoms with E-state index in [0.717, 1.165) is 19.3 Å². The molecule has 0 spiro atoms. The van der Waals surface area contributed by atoms with Gasteiger partial charge in [0.1, 0.15) is 0 Å². The lowest BCUT2D eigenvalue weighted by Crippen LogP contribution is -2.06. The molecule has 0 saturated carbocycles. The standard InChI is InChI=1S/C6H9O/c7-6-4-2-1-3-5-6/h1,6-7H,2,4-5H2. The van der Waals surface area contributed by atoms with Crippen molar-refractivity contribution < 1.29 is 5.11 Å². The molecule has 7 heavy (non-hydrogen) atoms. The van der Waals surface area contributed by atoms with Crippen LogP contribution in [0, 0.1) is 6.08 Å². The molecule has 0 heterocycles. The van der Waals surface area contributed by atoms with E-state index >= 15 is 0 Å². The van der Waals surface area contributed by atoms with Crippen molar-refractivity contribution in [2.24, 2.45) is 0 Å². The van der Waals surface area contributed by atoms with Gasteiger partial charge in [0, 0.05) is 0 Å². The summed E-state index contributed by atoms with van der Waals surface area (Å²) in [6, 6.07) is 0. The molecule has 1 unspecified atom stereocenters. The molecule has 1 aliphatic rings. The molecule has 0 amide bonds. The molecule has 1 rings (SSSR count). The predicted octanol–water partition coefficient (Wildman–Crippen LogP) is 0.891. The van der Waals surface area contributed by atoms with E-state index in [2.05, 4.69) is 6.08 Å². The van der Waals surface area contributed by atoms with Gasteiger partial charge in [0.05, 0.1) is 6.10 Å². The zero-order valence-electron chi connectivity index (χ0n) is 4.22. The first-order chi connectivity index (χ1) is 3.39. The Morgan fingerprint density at radius 3 is 2.86 bits per heavy atom. The number of allylic oxidation sites excluding steroid dienone is 1. The van der Waals surface area contributed by atoms with E-state index in [1.54, 1.807) is 0 Å². The second-order valence-corrected chi connectivity index (χ2v) is 1.84. The van der Waals surface area contributed by atoms with Gasteiger partial charge in [-0.15, -0.1) is 0 Å². The maximum atomic E-state index is 8.83. The summed E-state index contributed by atoms with van der Waals surface area (Å²) in [6.07, 6.45) is 7.51. The number of aliphatic hydroxyl groups is 1. The van der Waals surface area contributed by atoms with Crippen LogP contribution in [0.3, 0.4) is 0 Å². The second-order valence-electron chi connectivity index (χ2n) is 1.84. The van der Waals surface area contributed by atoms with Gasteiger partial charge >= 0.3 is 0 Å². The van der Waals surface area contributed by atoms with Gasteiger partial charge in [0.25, 0.3) is 0 Å². The van der Waals surface area contributed by atoms with Gasteiger partial charge in [-0.1, -0.05) is 6.08 Å². The Bertz CT molecular complexity index is 76.2. The highest BCUT2D eigenvalue weighted by Crippen LogP contribution is 2.07. The first-order valence-electron chi connectivity index (χ1n) is 2.63. The number of rotatable bonds is 0. The third-order valence-corrected chi connectivity index (χ3v) is 1.14. The molecular weight excluding hydrogens is 88.1 g/mol. The summed E-state index contributed by atoms with van der Waals surface area (Å²) in [7, 11) is 0. The third kappa shape index (κ3) is 1.32. The molecular formula is C6H9O. The molecule has 0 fully saturated rings. The third-order valence-electron chi connectivity index (χ3n) is 1.14. The fourth-order valence-electron chi connectivity index (χ4n) is 0.699. The Morgan fingerprint density at radius 1 is 1.71 bits per heavy atom. The maximum Gasteiger partial charge on any atom is 0.0583 e. The van der Waals surface area contributed by atoms with E-state index in [-0.39, 0.29) is 6.10 Å². The molecule has 0 bridgehead atoms. The average molecular weight is 97.1 g/mol. The van der Waals surface area contributed by atoms with Crippen molar-refractivity contribution >= 4 is 0 Å². The number of aliphatic hydroxyl groups excluding tert-OH is 1. The van der Waals surface area contributed by atoms with Crippen LogP contribution < -0.4 is 0 Å². The van der Waals surface area contributed by atoms with Crippen LogP contribution in [0.5, 0.6) is 0 Å². The van der Waals surface area contributed by atoms with Crippen molar-refractivity contribution in [3.05, 3.63) is 12.2 Å². The van der Waals surface area contributed by atoms with E-state index in [9.17, 15) is 0 Å². The summed E-state index contributed by atoms with van der Waals surface area (Å²) >= 11 is 0. The van der Waals surface area contributed by atoms with Crippen LogP contribution in [0.2, 0.25) is 0 Å². The zero-order chi connectivity index (χ0) is 5.11. The van der Waals surface area contributed by atoms with E-state index in [4.69, 9.17) is 5.11 Å². The molecule has 1 aliphatic carbocycles. The molecule has 0 aromatic heterocycles. The summed E-state index contributed by atoms with van der Waals surface area (Å²) in [6.45, 7) is 0. The topological polar surface area (TPSA) is 20.2 Å². The van der Waals surface area contributed by atoms with E-state index < -0.39 is 0 Å². The highest BCUT2D eigenvalue weighted by atomic mass is 16.3. The fraction of sp³-hybridized carbons (Fsp3) is 0.667. The first kappa shape index (κ1) is 4.85. The van der Waals surface area contributed by atoms with Gasteiger partial charge in [-0.2, -0.15) is 0 Å². The van der Waals surface area contributed by atoms with Crippen LogP contribution >= 0.6 is 0 Å². The lowest BCUT2D eigenvalue weighted by molar-refractivity contribution is 0.162. The van der Waals surface area contributed by atoms with Gasteiger partial charge < -0.3 is 5.11 Å². The normalized spacial score (nSPS) is 30.7. The Kier molecular flexibility index (Phi) is 1.47. The smallest absolute Gasteiger partial charge is 0.0583 e. The number of hydrogen-bond donors (Lipinski definition) is 1. The molecule has 1 heteroatoms. The Morgan fingerprint density at radius 2 is 2.57 bits per heavy atom. The average Bonchev–Trinajstić information content (AvgIpc) is 1.69. The van der Waals surface area contributed by atoms with Crippen molar-refractivity contribution in [3.8, 4) is 0 Å². The van der Waals surface area contributed by atoms with Crippen molar-refractivity contribution in [1.29, 1.82) is 0 Å². The summed E-state index contributed by atoms with van der Waals surface area (Å²) in [5.74, 6) is 0. The minimum atomic E-state index is -0.106. The van der Waals surface area contributed by atoms with Gasteiger partial charge in [-0.05, 0) is 25.3 Å². The molecule has 1 radical (unpaired) electrons. The molecule has 1 atom stereocenters. The molecule has 1 N–H and O–H groups in total. The van der Waals surface area contributed by atoms with Crippen LogP contribution in [0.4, 0.5) is 0 Å². The van der Waals surface area contributed by atoms with E-state index in [1.807, 2.05) is 6.08 Å². The largest absolute Gasteiger partial charge is 0.393 e. The van der Waals surface area contributed by atoms with Crippen LogP contribution in [0.15, 0.2) is 6.08 Å². The summed E-state index contributed by atoms with van der Waals surface area (Å²) < 4.78 is 0. The van der Waals surface area contributed by atoms with Crippen LogP contribution in [0.25, 0.3) is 0 Å². The lowest BCUT2D eigenvalue weighted by atomic mass is 10.1. The minimum absolute atomic E-state index is 0.106. The van der Waals surface area contributed by atoms with Gasteiger partial charge in [0.2, 0.25) is 0 Å². The lowest BCUT2D eigenvalue weighted by Gasteiger charge is -2.08. The summed E-state index contributed by atoms with van der Waals surface area (Å²) in [4.78, 5) is 0. The highest BCUT2D eigenvalue weighted by molar-refractivity contribution is 4.82. The fourth-order valence-corrected chi connectivity index (χ4v) is 0.699. The molecule has 0 aromatic carbocycles. The molecule has 0 saturated heterocycles. The van der Waals surface area contributed by atoms with Crippen LogP contribution in [-0.4, -0.2) is 11.2 Å². The SMILES string of the molecule is OC1C[C]=CCC1. The molecule has 1 nitrogen and oxygen atoms in total. The van der Waals surface area contributed by atoms with E-state index in [1.165, 1.54) is 0 Å². The first-order valence-corrected chi connectivity index (χ1v) is 2.63. The monoisotopic (exact) mass is 97.1 g/mol. The van der Waals surface area contributed by atoms with Crippen LogP contribution in [0.1, 0.15) is 19.3 Å². The summed E-state index contributed by atoms with van der Waals surface area (Å²) in [5.41, 5.74) is 0. The van der Waals surface area contributed by atoms with Crippen molar-refractivity contribution in [2.45, 2.75) is 25.4 Å². The Labute approximate surface area is 43.7 Å². The van der Waals surface area contributed by atoms with E-state index in [0.29, 0.717) is 0 Å². The van der Waals surface area contributed by atoms with Gasteiger partial charge in [-0.25, -0.2) is 0 Å². The zero-order valence-corrected chi connectivity index (χ0v) is 4.22. The maximum absolute atomic E-state index is 8.83. The predicted molar refractivity (Wildman–Crippen MR) is 27.7 cm³/mol. The quantitative estimate of drug-likeness (QED) is 0.476. The Balaban J connectivity index is 2.32. The molecule has 0 aromatic rings. The molecule has 0 aliphatic heterocycles. The minimum Gasteiger partial charge on any atom is -0.393 e. The second kappa shape index (κ2) is 2.12. The van der Waals surface area contributed by atoms with Crippen LogP contribution in [-0.2, 0) is 0 Å². The number of hydrogen-bond acceptors (Lipinski definition) is 1. The molecule has 39 valence electrons. The van der Waals surface area contributed by atoms with Gasteiger partial charge in [-0.3, -0.25) is 0 Å². The Hall–Kier alpha value is -0.300.